The fourth-order valence-electron chi connectivity index (χ4n) is 2.71. The van der Waals surface area contributed by atoms with Gasteiger partial charge in [-0.2, -0.15) is 0 Å². The Bertz CT molecular complexity index is 603. The molecule has 1 aromatic heterocycles. The van der Waals surface area contributed by atoms with Crippen LogP contribution in [0.25, 0.3) is 0 Å². The molecule has 1 heterocycles. The van der Waals surface area contributed by atoms with Gasteiger partial charge in [0.1, 0.15) is 0 Å². The zero-order valence-corrected chi connectivity index (χ0v) is 12.7. The van der Waals surface area contributed by atoms with Gasteiger partial charge in [0.15, 0.2) is 0 Å². The van der Waals surface area contributed by atoms with Gasteiger partial charge in [-0.15, -0.1) is 11.3 Å². The Morgan fingerprint density at radius 1 is 1.14 bits per heavy atom. The summed E-state index contributed by atoms with van der Waals surface area (Å²) < 4.78 is 0. The second kappa shape index (κ2) is 6.72. The SMILES string of the molecule is O=C(NC(c1ccccc1)c1cccs1)C1CC=CCC1. The molecule has 1 aromatic carbocycles. The molecule has 0 saturated heterocycles. The highest BCUT2D eigenvalue weighted by Gasteiger charge is 2.23. The lowest BCUT2D eigenvalue weighted by Gasteiger charge is -2.23. The van der Waals surface area contributed by atoms with E-state index >= 15 is 0 Å². The van der Waals surface area contributed by atoms with Crippen LogP contribution in [0.3, 0.4) is 0 Å². The average Bonchev–Trinajstić information content (AvgIpc) is 3.08. The Labute approximate surface area is 129 Å². The van der Waals surface area contributed by atoms with Crippen LogP contribution in [0.1, 0.15) is 35.7 Å². The zero-order valence-electron chi connectivity index (χ0n) is 11.9. The Hall–Kier alpha value is -1.87. The lowest BCUT2D eigenvalue weighted by molar-refractivity contribution is -0.125. The first kappa shape index (κ1) is 14.1. The standard InChI is InChI=1S/C18H19NOS/c20-18(15-10-5-2-6-11-15)19-17(16-12-7-13-21-16)14-8-3-1-4-9-14/h1-5,7-9,12-13,15,17H,6,10-11H2,(H,19,20). The Morgan fingerprint density at radius 2 is 2.00 bits per heavy atom. The minimum atomic E-state index is -0.0374. The van der Waals surface area contributed by atoms with E-state index in [0.29, 0.717) is 0 Å². The Balaban J connectivity index is 1.80. The molecule has 0 bridgehead atoms. The number of carbonyl (C=O) groups is 1. The highest BCUT2D eigenvalue weighted by atomic mass is 32.1. The van der Waals surface area contributed by atoms with Gasteiger partial charge in [-0.05, 0) is 36.3 Å². The van der Waals surface area contributed by atoms with Crippen molar-refractivity contribution < 1.29 is 4.79 Å². The minimum absolute atomic E-state index is 0.0374. The van der Waals surface area contributed by atoms with E-state index in [2.05, 4.69) is 41.0 Å². The molecule has 2 nitrogen and oxygen atoms in total. The van der Waals surface area contributed by atoms with Crippen molar-refractivity contribution in [3.63, 3.8) is 0 Å². The summed E-state index contributed by atoms with van der Waals surface area (Å²) >= 11 is 1.69. The molecular weight excluding hydrogens is 278 g/mol. The predicted molar refractivity (Wildman–Crippen MR) is 87.2 cm³/mol. The van der Waals surface area contributed by atoms with Crippen molar-refractivity contribution in [2.75, 3.05) is 0 Å². The largest absolute Gasteiger partial charge is 0.344 e. The van der Waals surface area contributed by atoms with Gasteiger partial charge in [-0.25, -0.2) is 0 Å². The maximum absolute atomic E-state index is 12.5. The number of amides is 1. The number of allylic oxidation sites excluding steroid dienone is 2. The first-order valence-corrected chi connectivity index (χ1v) is 8.26. The summed E-state index contributed by atoms with van der Waals surface area (Å²) in [4.78, 5) is 13.7. The molecule has 108 valence electrons. The van der Waals surface area contributed by atoms with Crippen LogP contribution in [0.2, 0.25) is 0 Å². The van der Waals surface area contributed by atoms with E-state index in [9.17, 15) is 4.79 Å². The average molecular weight is 297 g/mol. The van der Waals surface area contributed by atoms with Crippen LogP contribution in [0.15, 0.2) is 60.0 Å². The molecule has 1 aliphatic rings. The van der Waals surface area contributed by atoms with Crippen molar-refractivity contribution in [3.05, 3.63) is 70.4 Å². The number of hydrogen-bond donors (Lipinski definition) is 1. The summed E-state index contributed by atoms with van der Waals surface area (Å²) in [5, 5.41) is 5.30. The number of benzene rings is 1. The number of nitrogens with one attached hydrogen (secondary N) is 1. The van der Waals surface area contributed by atoms with Crippen LogP contribution in [-0.2, 0) is 4.79 Å². The van der Waals surface area contributed by atoms with Gasteiger partial charge >= 0.3 is 0 Å². The van der Waals surface area contributed by atoms with E-state index in [1.165, 1.54) is 4.88 Å². The van der Waals surface area contributed by atoms with Crippen molar-refractivity contribution in [2.45, 2.75) is 25.3 Å². The fourth-order valence-corrected chi connectivity index (χ4v) is 3.51. The summed E-state index contributed by atoms with van der Waals surface area (Å²) in [6.45, 7) is 0. The van der Waals surface area contributed by atoms with E-state index in [0.717, 1.165) is 24.8 Å². The maximum atomic E-state index is 12.5. The van der Waals surface area contributed by atoms with Crippen LogP contribution in [0, 0.1) is 5.92 Å². The van der Waals surface area contributed by atoms with Gasteiger partial charge in [0.2, 0.25) is 5.91 Å². The molecular formula is C18H19NOS. The molecule has 0 saturated carbocycles. The summed E-state index contributed by atoms with van der Waals surface area (Å²) in [7, 11) is 0. The minimum Gasteiger partial charge on any atom is -0.344 e. The lowest BCUT2D eigenvalue weighted by Crippen LogP contribution is -2.34. The highest BCUT2D eigenvalue weighted by molar-refractivity contribution is 7.10. The van der Waals surface area contributed by atoms with E-state index in [1.807, 2.05) is 24.3 Å². The summed E-state index contributed by atoms with van der Waals surface area (Å²) in [5.74, 6) is 0.280. The van der Waals surface area contributed by atoms with Crippen molar-refractivity contribution in [1.82, 2.24) is 5.32 Å². The topological polar surface area (TPSA) is 29.1 Å². The van der Waals surface area contributed by atoms with Gasteiger partial charge in [0, 0.05) is 10.8 Å². The number of rotatable bonds is 4. The molecule has 1 aliphatic carbocycles. The molecule has 21 heavy (non-hydrogen) atoms. The zero-order chi connectivity index (χ0) is 14.5. The second-order valence-electron chi connectivity index (χ2n) is 5.35. The van der Waals surface area contributed by atoms with Crippen molar-refractivity contribution >= 4 is 17.2 Å². The van der Waals surface area contributed by atoms with Crippen LogP contribution >= 0.6 is 11.3 Å². The van der Waals surface area contributed by atoms with Gasteiger partial charge in [0.25, 0.3) is 0 Å². The molecule has 0 fully saturated rings. The first-order chi connectivity index (χ1) is 10.3. The summed E-state index contributed by atoms with van der Waals surface area (Å²) in [6.07, 6.45) is 7.10. The molecule has 2 atom stereocenters. The van der Waals surface area contributed by atoms with Crippen molar-refractivity contribution in [2.24, 2.45) is 5.92 Å². The fraction of sp³-hybridized carbons (Fsp3) is 0.278. The molecule has 3 heteroatoms. The molecule has 1 N–H and O–H groups in total. The smallest absolute Gasteiger partial charge is 0.224 e. The van der Waals surface area contributed by atoms with Crippen LogP contribution in [-0.4, -0.2) is 5.91 Å². The predicted octanol–water partition coefficient (Wildman–Crippen LogP) is 4.31. The van der Waals surface area contributed by atoms with Gasteiger partial charge < -0.3 is 5.32 Å². The van der Waals surface area contributed by atoms with Crippen molar-refractivity contribution in [3.8, 4) is 0 Å². The van der Waals surface area contributed by atoms with Crippen LogP contribution in [0.5, 0.6) is 0 Å². The lowest BCUT2D eigenvalue weighted by atomic mass is 9.93. The van der Waals surface area contributed by atoms with Crippen molar-refractivity contribution in [1.29, 1.82) is 0 Å². The monoisotopic (exact) mass is 297 g/mol. The van der Waals surface area contributed by atoms with E-state index in [1.54, 1.807) is 11.3 Å². The van der Waals surface area contributed by atoms with Crippen LogP contribution < -0.4 is 5.32 Å². The molecule has 3 rings (SSSR count). The Kier molecular flexibility index (Phi) is 4.51. The number of hydrogen-bond acceptors (Lipinski definition) is 2. The normalized spacial score (nSPS) is 19.1. The van der Waals surface area contributed by atoms with E-state index in [-0.39, 0.29) is 17.9 Å². The van der Waals surface area contributed by atoms with E-state index in [4.69, 9.17) is 0 Å². The quantitative estimate of drug-likeness (QED) is 0.837. The van der Waals surface area contributed by atoms with Gasteiger partial charge in [0.05, 0.1) is 6.04 Å². The van der Waals surface area contributed by atoms with Gasteiger partial charge in [-0.3, -0.25) is 4.79 Å². The Morgan fingerprint density at radius 3 is 2.67 bits per heavy atom. The number of thiophene rings is 1. The van der Waals surface area contributed by atoms with E-state index < -0.39 is 0 Å². The third-order valence-electron chi connectivity index (χ3n) is 3.89. The third-order valence-corrected chi connectivity index (χ3v) is 4.82. The number of carbonyl (C=O) groups excluding carboxylic acids is 1. The molecule has 2 aromatic rings. The molecule has 2 unspecified atom stereocenters. The maximum Gasteiger partial charge on any atom is 0.224 e. The summed E-state index contributed by atoms with van der Waals surface area (Å²) in [5.41, 5.74) is 1.14. The molecule has 0 aliphatic heterocycles. The second-order valence-corrected chi connectivity index (χ2v) is 6.33. The molecule has 0 radical (unpaired) electrons. The van der Waals surface area contributed by atoms with Gasteiger partial charge in [-0.1, -0.05) is 48.6 Å². The third kappa shape index (κ3) is 3.42. The molecule has 0 spiro atoms. The molecule has 1 amide bonds. The highest BCUT2D eigenvalue weighted by Crippen LogP contribution is 2.27. The first-order valence-electron chi connectivity index (χ1n) is 7.38. The summed E-state index contributed by atoms with van der Waals surface area (Å²) in [6, 6.07) is 14.3. The van der Waals surface area contributed by atoms with Crippen LogP contribution in [0.4, 0.5) is 0 Å².